The largest absolute Gasteiger partial charge is 1.00 e. The van der Waals surface area contributed by atoms with E-state index in [4.69, 9.17) is 27.9 Å². The van der Waals surface area contributed by atoms with Gasteiger partial charge in [-0.2, -0.15) is 13.5 Å². The molecule has 0 unspecified atom stereocenters. The summed E-state index contributed by atoms with van der Waals surface area (Å²) in [5.41, 5.74) is 0.212. The number of rotatable bonds is 7. The molecule has 0 bridgehead atoms. The van der Waals surface area contributed by atoms with E-state index in [9.17, 15) is 22.9 Å². The zero-order chi connectivity index (χ0) is 27.6. The van der Waals surface area contributed by atoms with Gasteiger partial charge in [-0.15, -0.1) is 5.11 Å². The van der Waals surface area contributed by atoms with Crippen molar-refractivity contribution in [2.45, 2.75) is 18.2 Å². The summed E-state index contributed by atoms with van der Waals surface area (Å²) in [6.45, 7) is 1.70. The van der Waals surface area contributed by atoms with Crippen molar-refractivity contribution >= 4 is 67.1 Å². The predicted octanol–water partition coefficient (Wildman–Crippen LogP) is 3.71. The molecule has 196 valence electrons. The number of fused-ring (bicyclic) bond motifs is 1. The summed E-state index contributed by atoms with van der Waals surface area (Å²) in [6.07, 6.45) is 0.290. The SMILES string of the molecule is CCc1cc(Cl)c(N=Nc2c([O-])c(C(=O)Nc3ccc(OC)c(Cl)c3)cc3ccccc23)cc1S(=O)(=O)O.[Na+]. The summed E-state index contributed by atoms with van der Waals surface area (Å²) >= 11 is 12.4. The van der Waals surface area contributed by atoms with Crippen molar-refractivity contribution in [1.29, 1.82) is 0 Å². The second-order valence-electron chi connectivity index (χ2n) is 8.07. The van der Waals surface area contributed by atoms with Crippen LogP contribution in [0.2, 0.25) is 10.0 Å². The van der Waals surface area contributed by atoms with Gasteiger partial charge in [0.1, 0.15) is 11.4 Å². The van der Waals surface area contributed by atoms with Crippen molar-refractivity contribution in [3.8, 4) is 11.5 Å². The third-order valence-electron chi connectivity index (χ3n) is 5.68. The van der Waals surface area contributed by atoms with Gasteiger partial charge in [-0.3, -0.25) is 9.35 Å². The van der Waals surface area contributed by atoms with Crippen LogP contribution in [0.25, 0.3) is 10.8 Å². The van der Waals surface area contributed by atoms with Crippen molar-refractivity contribution < 1.29 is 57.2 Å². The van der Waals surface area contributed by atoms with Gasteiger partial charge in [-0.25, -0.2) is 0 Å². The topological polar surface area (TPSA) is 140 Å². The van der Waals surface area contributed by atoms with E-state index in [-0.39, 0.29) is 67.9 Å². The third-order valence-corrected chi connectivity index (χ3v) is 7.21. The summed E-state index contributed by atoms with van der Waals surface area (Å²) in [5, 5.41) is 25.4. The van der Waals surface area contributed by atoms with Crippen molar-refractivity contribution in [2.24, 2.45) is 10.2 Å². The van der Waals surface area contributed by atoms with E-state index in [0.717, 1.165) is 6.07 Å². The number of halogens is 2. The maximum absolute atomic E-state index is 13.4. The summed E-state index contributed by atoms with van der Waals surface area (Å²) in [7, 11) is -3.10. The number of ether oxygens (including phenoxy) is 1. The fourth-order valence-electron chi connectivity index (χ4n) is 3.80. The molecule has 0 radical (unpaired) electrons. The van der Waals surface area contributed by atoms with Gasteiger partial charge in [0.2, 0.25) is 0 Å². The van der Waals surface area contributed by atoms with Crippen LogP contribution in [0.3, 0.4) is 0 Å². The molecule has 2 N–H and O–H groups in total. The number of nitrogens with zero attached hydrogens (tertiary/aromatic N) is 2. The minimum atomic E-state index is -4.56. The Hall–Kier alpha value is -2.70. The van der Waals surface area contributed by atoms with E-state index >= 15 is 0 Å². The number of azo groups is 1. The van der Waals surface area contributed by atoms with E-state index in [0.29, 0.717) is 27.8 Å². The molecule has 0 aliphatic heterocycles. The molecule has 0 fully saturated rings. The first kappa shape index (κ1) is 30.8. The number of hydrogen-bond donors (Lipinski definition) is 2. The number of hydrogen-bond acceptors (Lipinski definition) is 7. The first-order valence-corrected chi connectivity index (χ1v) is 13.3. The molecule has 4 aromatic rings. The zero-order valence-corrected chi connectivity index (χ0v) is 25.4. The van der Waals surface area contributed by atoms with Crippen LogP contribution in [-0.2, 0) is 16.5 Å². The Morgan fingerprint density at radius 1 is 1.05 bits per heavy atom. The average Bonchev–Trinajstić information content (AvgIpc) is 2.87. The number of methoxy groups -OCH3 is 1. The minimum Gasteiger partial charge on any atom is -0.870 e. The Labute approximate surface area is 256 Å². The molecule has 0 aromatic heterocycles. The maximum Gasteiger partial charge on any atom is 1.00 e. The van der Waals surface area contributed by atoms with Gasteiger partial charge in [0, 0.05) is 16.6 Å². The molecule has 39 heavy (non-hydrogen) atoms. The van der Waals surface area contributed by atoms with Crippen LogP contribution in [0.1, 0.15) is 22.8 Å². The van der Waals surface area contributed by atoms with Crippen molar-refractivity contribution in [3.63, 3.8) is 0 Å². The van der Waals surface area contributed by atoms with Crippen molar-refractivity contribution in [3.05, 3.63) is 81.8 Å². The first-order valence-electron chi connectivity index (χ1n) is 11.1. The maximum atomic E-state index is 13.4. The fourth-order valence-corrected chi connectivity index (χ4v) is 5.08. The number of benzene rings is 4. The smallest absolute Gasteiger partial charge is 0.870 e. The van der Waals surface area contributed by atoms with Gasteiger partial charge in [0.25, 0.3) is 16.0 Å². The van der Waals surface area contributed by atoms with Gasteiger partial charge in [0.05, 0.1) is 27.7 Å². The zero-order valence-electron chi connectivity index (χ0n) is 21.0. The second-order valence-corrected chi connectivity index (χ2v) is 10.3. The van der Waals surface area contributed by atoms with Crippen LogP contribution in [0.4, 0.5) is 17.1 Å². The average molecular weight is 596 g/mol. The predicted molar refractivity (Wildman–Crippen MR) is 144 cm³/mol. The number of amides is 1. The van der Waals surface area contributed by atoms with Crippen molar-refractivity contribution in [1.82, 2.24) is 0 Å². The second kappa shape index (κ2) is 12.6. The summed E-state index contributed by atoms with van der Waals surface area (Å²) in [4.78, 5) is 12.7. The minimum absolute atomic E-state index is 0. The van der Waals surface area contributed by atoms with Gasteiger partial charge >= 0.3 is 29.6 Å². The van der Waals surface area contributed by atoms with E-state index in [1.165, 1.54) is 25.3 Å². The molecule has 0 aliphatic carbocycles. The van der Waals surface area contributed by atoms with E-state index < -0.39 is 21.8 Å². The number of aryl methyl sites for hydroxylation is 1. The number of nitrogens with one attached hydrogen (secondary N) is 1. The summed E-state index contributed by atoms with van der Waals surface area (Å²) in [6, 6.07) is 15.3. The van der Waals surface area contributed by atoms with Crippen molar-refractivity contribution in [2.75, 3.05) is 12.4 Å². The molecule has 0 heterocycles. The Morgan fingerprint density at radius 2 is 1.77 bits per heavy atom. The standard InChI is InChI=1S/C26H21Cl2N3O6S.Na/c1-3-14-11-19(27)21(13-23(14)38(34,35)36)30-31-24-17-7-5-4-6-15(17)10-18(25(24)32)26(33)29-16-8-9-22(37-2)20(28)12-16;/h4-13,32H,3H2,1-2H3,(H,29,33)(H,34,35,36);/q;+1/p-1. The monoisotopic (exact) mass is 595 g/mol. The third kappa shape index (κ3) is 6.72. The molecule has 0 aliphatic rings. The molecule has 1 amide bonds. The van der Waals surface area contributed by atoms with Crippen LogP contribution in [0.5, 0.6) is 11.5 Å². The van der Waals surface area contributed by atoms with E-state index in [2.05, 4.69) is 15.5 Å². The molecule has 0 atom stereocenters. The van der Waals surface area contributed by atoms with E-state index in [1.54, 1.807) is 43.3 Å². The van der Waals surface area contributed by atoms with E-state index in [1.807, 2.05) is 0 Å². The Kier molecular flexibility index (Phi) is 10.0. The summed E-state index contributed by atoms with van der Waals surface area (Å²) in [5.74, 6) is -0.983. The quantitative estimate of drug-likeness (QED) is 0.189. The number of carbonyl (C=O) groups excluding carboxylic acids is 1. The normalized spacial score (nSPS) is 11.4. The number of carbonyl (C=O) groups is 1. The Morgan fingerprint density at radius 3 is 2.41 bits per heavy atom. The number of anilines is 1. The van der Waals surface area contributed by atoms with Crippen LogP contribution in [-0.4, -0.2) is 26.0 Å². The van der Waals surface area contributed by atoms with Gasteiger partial charge < -0.3 is 15.2 Å². The van der Waals surface area contributed by atoms with Crippen LogP contribution in [0, 0.1) is 0 Å². The molecule has 13 heteroatoms. The molecule has 4 aromatic carbocycles. The molecule has 4 rings (SSSR count). The first-order chi connectivity index (χ1) is 18.0. The van der Waals surface area contributed by atoms with Gasteiger partial charge in [0.15, 0.2) is 0 Å². The Bertz CT molecular complexity index is 1710. The van der Waals surface area contributed by atoms with Gasteiger partial charge in [-0.1, -0.05) is 60.1 Å². The Balaban J connectivity index is 0.00000420. The molecular weight excluding hydrogens is 576 g/mol. The van der Waals surface area contributed by atoms with Crippen LogP contribution >= 0.6 is 23.2 Å². The molecule has 9 nitrogen and oxygen atoms in total. The summed E-state index contributed by atoms with van der Waals surface area (Å²) < 4.78 is 38.4. The molecule has 0 saturated carbocycles. The van der Waals surface area contributed by atoms with Gasteiger partial charge in [-0.05, 0) is 53.8 Å². The molecule has 0 spiro atoms. The fraction of sp³-hybridized carbons (Fsp3) is 0.115. The van der Waals surface area contributed by atoms with Crippen LogP contribution in [0.15, 0.2) is 75.8 Å². The molecular formula is C26H20Cl2N3NaO6S. The molecule has 0 saturated heterocycles. The van der Waals surface area contributed by atoms with Crippen LogP contribution < -0.4 is 44.7 Å².